The van der Waals surface area contributed by atoms with Gasteiger partial charge in [-0.25, -0.2) is 4.79 Å². The molecule has 1 saturated carbocycles. The predicted molar refractivity (Wildman–Crippen MR) is 127 cm³/mol. The average molecular weight is 479 g/mol. The van der Waals surface area contributed by atoms with Crippen LogP contribution in [0.3, 0.4) is 0 Å². The molecule has 0 radical (unpaired) electrons. The number of carbonyl (C=O) groups excluding carboxylic acids is 1. The van der Waals surface area contributed by atoms with Gasteiger partial charge in [0.2, 0.25) is 0 Å². The lowest BCUT2D eigenvalue weighted by Crippen LogP contribution is -2.36. The first kappa shape index (κ1) is 22.0. The predicted octanol–water partition coefficient (Wildman–Crippen LogP) is 2.64. The van der Waals surface area contributed by atoms with Crippen LogP contribution in [0, 0.1) is 6.92 Å². The van der Waals surface area contributed by atoms with Gasteiger partial charge in [0.25, 0.3) is 5.56 Å². The van der Waals surface area contributed by atoms with E-state index >= 15 is 0 Å². The molecule has 1 aromatic carbocycles. The van der Waals surface area contributed by atoms with Gasteiger partial charge in [-0.1, -0.05) is 35.5 Å². The van der Waals surface area contributed by atoms with E-state index in [2.05, 4.69) is 15.2 Å². The minimum absolute atomic E-state index is 0.0724. The summed E-state index contributed by atoms with van der Waals surface area (Å²) < 4.78 is 8.67. The van der Waals surface area contributed by atoms with Crippen molar-refractivity contribution >= 4 is 23.4 Å². The molecule has 4 aromatic rings. The summed E-state index contributed by atoms with van der Waals surface area (Å²) in [5.74, 6) is 0.677. The Labute approximate surface area is 197 Å². The summed E-state index contributed by atoms with van der Waals surface area (Å²) in [5.41, 5.74) is 6.48. The maximum absolute atomic E-state index is 13.0. The van der Waals surface area contributed by atoms with E-state index in [1.165, 1.54) is 4.57 Å². The number of aryl methyl sites for hydroxylation is 1. The molecule has 11 heteroatoms. The van der Waals surface area contributed by atoms with Crippen LogP contribution in [0.4, 0.5) is 5.82 Å². The number of H-pyrrole nitrogens is 1. The van der Waals surface area contributed by atoms with Crippen molar-refractivity contribution in [1.29, 1.82) is 0 Å². The maximum atomic E-state index is 13.0. The van der Waals surface area contributed by atoms with Crippen molar-refractivity contribution in [2.75, 3.05) is 11.5 Å². The highest BCUT2D eigenvalue weighted by Crippen LogP contribution is 2.35. The highest BCUT2D eigenvalue weighted by Gasteiger charge is 2.30. The van der Waals surface area contributed by atoms with Crippen LogP contribution >= 0.6 is 11.8 Å². The van der Waals surface area contributed by atoms with Crippen LogP contribution in [0.2, 0.25) is 0 Å². The molecule has 5 rings (SSSR count). The van der Waals surface area contributed by atoms with E-state index in [0.29, 0.717) is 23.3 Å². The monoisotopic (exact) mass is 478 g/mol. The van der Waals surface area contributed by atoms with Crippen LogP contribution in [-0.2, 0) is 6.54 Å². The second-order valence-corrected chi connectivity index (χ2v) is 9.12. The Morgan fingerprint density at radius 2 is 2.06 bits per heavy atom. The molecule has 34 heavy (non-hydrogen) atoms. The van der Waals surface area contributed by atoms with Crippen molar-refractivity contribution in [2.24, 2.45) is 0 Å². The van der Waals surface area contributed by atoms with Gasteiger partial charge in [0.1, 0.15) is 17.1 Å². The Hall–Kier alpha value is -3.86. The molecule has 3 N–H and O–H groups in total. The number of nitrogen functional groups attached to an aromatic ring is 1. The van der Waals surface area contributed by atoms with Crippen molar-refractivity contribution in [2.45, 2.75) is 37.5 Å². The highest BCUT2D eigenvalue weighted by atomic mass is 32.2. The Kier molecular flexibility index (Phi) is 5.70. The lowest BCUT2D eigenvalue weighted by molar-refractivity contribution is 0.102. The zero-order valence-electron chi connectivity index (χ0n) is 18.4. The van der Waals surface area contributed by atoms with E-state index < -0.39 is 17.0 Å². The van der Waals surface area contributed by atoms with Crippen molar-refractivity contribution in [3.05, 3.63) is 80.4 Å². The Morgan fingerprint density at radius 1 is 1.24 bits per heavy atom. The standard InChI is InChI=1S/C23H22N6O4S/c1-13-4-2-5-14(10-13)20-26-27-23(28(20)11-16-6-3-9-33-16)34-12-17(30)18-19(24)29(15-7-8-15)22(32)25-21(18)31/h2-6,9-10,15H,7-8,11-12,24H2,1H3,(H,25,31,32). The number of nitrogens with two attached hydrogens (primary N) is 1. The molecule has 0 bridgehead atoms. The Morgan fingerprint density at radius 3 is 2.76 bits per heavy atom. The first-order chi connectivity index (χ1) is 16.4. The number of hydrogen-bond acceptors (Lipinski definition) is 8. The fourth-order valence-corrected chi connectivity index (χ4v) is 4.64. The van der Waals surface area contributed by atoms with Crippen molar-refractivity contribution in [1.82, 2.24) is 24.3 Å². The Balaban J connectivity index is 1.45. The third kappa shape index (κ3) is 4.21. The molecular formula is C23H22N6O4S. The number of nitrogens with zero attached hydrogens (tertiary/aromatic N) is 4. The summed E-state index contributed by atoms with van der Waals surface area (Å²) in [6.07, 6.45) is 3.17. The minimum Gasteiger partial charge on any atom is -0.467 e. The zero-order valence-corrected chi connectivity index (χ0v) is 19.2. The summed E-state index contributed by atoms with van der Waals surface area (Å²) in [6, 6.07) is 11.5. The number of aromatic amines is 1. The summed E-state index contributed by atoms with van der Waals surface area (Å²) in [5, 5.41) is 9.14. The van der Waals surface area contributed by atoms with Crippen LogP contribution in [-0.4, -0.2) is 35.9 Å². The molecule has 3 heterocycles. The number of benzene rings is 1. The average Bonchev–Trinajstić information content (AvgIpc) is 3.33. The molecule has 0 spiro atoms. The van der Waals surface area contributed by atoms with E-state index in [0.717, 1.165) is 35.7 Å². The smallest absolute Gasteiger partial charge is 0.330 e. The highest BCUT2D eigenvalue weighted by molar-refractivity contribution is 7.99. The maximum Gasteiger partial charge on any atom is 0.330 e. The van der Waals surface area contributed by atoms with Crippen molar-refractivity contribution < 1.29 is 9.21 Å². The largest absolute Gasteiger partial charge is 0.467 e. The zero-order chi connectivity index (χ0) is 23.8. The number of ketones is 1. The molecule has 1 aliphatic rings. The van der Waals surface area contributed by atoms with Gasteiger partial charge in [0.05, 0.1) is 18.6 Å². The number of hydrogen-bond donors (Lipinski definition) is 2. The molecule has 0 aliphatic heterocycles. The van der Waals surface area contributed by atoms with E-state index in [-0.39, 0.29) is 23.2 Å². The van der Waals surface area contributed by atoms with Crippen molar-refractivity contribution in [3.8, 4) is 11.4 Å². The fourth-order valence-electron chi connectivity index (χ4n) is 3.83. The number of aromatic nitrogens is 5. The van der Waals surface area contributed by atoms with E-state index in [1.807, 2.05) is 41.8 Å². The topological polar surface area (TPSA) is 142 Å². The van der Waals surface area contributed by atoms with Gasteiger partial charge < -0.3 is 10.2 Å². The lowest BCUT2D eigenvalue weighted by Gasteiger charge is -2.11. The molecule has 0 unspecified atom stereocenters. The molecule has 10 nitrogen and oxygen atoms in total. The quantitative estimate of drug-likeness (QED) is 0.291. The number of rotatable bonds is 8. The molecule has 0 amide bonds. The Bertz CT molecular complexity index is 1480. The molecule has 3 aromatic heterocycles. The minimum atomic E-state index is -0.775. The third-order valence-corrected chi connectivity index (χ3v) is 6.56. The lowest BCUT2D eigenvalue weighted by atomic mass is 10.1. The summed E-state index contributed by atoms with van der Waals surface area (Å²) in [7, 11) is 0. The number of Topliss-reactive ketones (excluding diaryl/α,β-unsaturated/α-hetero) is 1. The van der Waals surface area contributed by atoms with Gasteiger partial charge in [0, 0.05) is 11.6 Å². The number of anilines is 1. The number of nitrogens with one attached hydrogen (secondary N) is 1. The van der Waals surface area contributed by atoms with Gasteiger partial charge in [-0.05, 0) is 38.0 Å². The number of carbonyl (C=O) groups is 1. The first-order valence-electron chi connectivity index (χ1n) is 10.8. The van der Waals surface area contributed by atoms with Gasteiger partial charge in [-0.15, -0.1) is 10.2 Å². The van der Waals surface area contributed by atoms with E-state index in [1.54, 1.807) is 12.3 Å². The molecule has 0 atom stereocenters. The van der Waals surface area contributed by atoms with E-state index in [9.17, 15) is 14.4 Å². The van der Waals surface area contributed by atoms with Gasteiger partial charge in [0.15, 0.2) is 16.8 Å². The normalized spacial score (nSPS) is 13.3. The molecule has 1 aliphatic carbocycles. The summed E-state index contributed by atoms with van der Waals surface area (Å²) in [6.45, 7) is 2.36. The van der Waals surface area contributed by atoms with E-state index in [4.69, 9.17) is 10.2 Å². The fraction of sp³-hybridized carbons (Fsp3) is 0.261. The van der Waals surface area contributed by atoms with Crippen LogP contribution in [0.15, 0.2) is 61.8 Å². The number of thioether (sulfide) groups is 1. The summed E-state index contributed by atoms with van der Waals surface area (Å²) >= 11 is 1.15. The van der Waals surface area contributed by atoms with Gasteiger partial charge in [-0.2, -0.15) is 0 Å². The molecular weight excluding hydrogens is 456 g/mol. The second-order valence-electron chi connectivity index (χ2n) is 8.17. The van der Waals surface area contributed by atoms with Crippen LogP contribution in [0.5, 0.6) is 0 Å². The summed E-state index contributed by atoms with van der Waals surface area (Å²) in [4.78, 5) is 39.7. The third-order valence-electron chi connectivity index (χ3n) is 5.59. The van der Waals surface area contributed by atoms with Crippen molar-refractivity contribution in [3.63, 3.8) is 0 Å². The molecule has 0 saturated heterocycles. The number of furan rings is 1. The van der Waals surface area contributed by atoms with Crippen LogP contribution in [0.1, 0.15) is 40.6 Å². The van der Waals surface area contributed by atoms with Crippen LogP contribution in [0.25, 0.3) is 11.4 Å². The molecule has 1 fully saturated rings. The second kappa shape index (κ2) is 8.82. The SMILES string of the molecule is Cc1cccc(-c2nnc(SCC(=O)c3c(N)n(C4CC4)c(=O)[nH]c3=O)n2Cc2ccco2)c1. The van der Waals surface area contributed by atoms with Gasteiger partial charge >= 0.3 is 5.69 Å². The first-order valence-corrected chi connectivity index (χ1v) is 11.7. The van der Waals surface area contributed by atoms with Crippen LogP contribution < -0.4 is 17.0 Å². The molecule has 174 valence electrons. The van der Waals surface area contributed by atoms with Gasteiger partial charge in [-0.3, -0.25) is 23.7 Å².